The second-order valence-electron chi connectivity index (χ2n) is 4.70. The highest BCUT2D eigenvalue weighted by atomic mass is 16.5. The molecule has 0 saturated carbocycles. The SMILES string of the molecule is COC(=O)c1cccnc1N1CCCC1(C)C(=O)O. The molecule has 0 radical (unpaired) electrons. The second kappa shape index (κ2) is 4.87. The summed E-state index contributed by atoms with van der Waals surface area (Å²) >= 11 is 0. The van der Waals surface area contributed by atoms with Crippen LogP contribution in [0.1, 0.15) is 30.1 Å². The predicted octanol–water partition coefficient (Wildman–Crippen LogP) is 1.31. The number of carboxylic acid groups (broad SMARTS) is 1. The maximum absolute atomic E-state index is 11.7. The van der Waals surface area contributed by atoms with Crippen LogP contribution in [0.15, 0.2) is 18.3 Å². The smallest absolute Gasteiger partial charge is 0.341 e. The zero-order valence-corrected chi connectivity index (χ0v) is 10.9. The Morgan fingerprint density at radius 1 is 1.53 bits per heavy atom. The number of hydrogen-bond acceptors (Lipinski definition) is 5. The molecule has 0 amide bonds. The second-order valence-corrected chi connectivity index (χ2v) is 4.70. The number of anilines is 1. The Bertz CT molecular complexity index is 517. The van der Waals surface area contributed by atoms with Crippen LogP contribution in [0.4, 0.5) is 5.82 Å². The first kappa shape index (κ1) is 13.3. The number of aliphatic carboxylic acids is 1. The number of ether oxygens (including phenoxy) is 1. The van der Waals surface area contributed by atoms with E-state index in [4.69, 9.17) is 4.74 Å². The van der Waals surface area contributed by atoms with Crippen LogP contribution in [0.2, 0.25) is 0 Å². The molecule has 1 unspecified atom stereocenters. The first-order chi connectivity index (χ1) is 9.00. The summed E-state index contributed by atoms with van der Waals surface area (Å²) in [5.74, 6) is -1.05. The third-order valence-electron chi connectivity index (χ3n) is 3.55. The first-order valence-corrected chi connectivity index (χ1v) is 6.05. The molecule has 0 spiro atoms. The largest absolute Gasteiger partial charge is 0.480 e. The Morgan fingerprint density at radius 2 is 2.26 bits per heavy atom. The highest BCUT2D eigenvalue weighted by molar-refractivity contribution is 5.96. The summed E-state index contributed by atoms with van der Waals surface area (Å²) in [4.78, 5) is 29.0. The Hall–Kier alpha value is -2.11. The molecule has 1 aliphatic rings. The lowest BCUT2D eigenvalue weighted by molar-refractivity contribution is -0.142. The first-order valence-electron chi connectivity index (χ1n) is 6.05. The van der Waals surface area contributed by atoms with E-state index in [2.05, 4.69) is 4.98 Å². The molecule has 19 heavy (non-hydrogen) atoms. The average Bonchev–Trinajstić information content (AvgIpc) is 2.81. The van der Waals surface area contributed by atoms with Crippen LogP contribution in [-0.4, -0.2) is 41.2 Å². The number of esters is 1. The fourth-order valence-electron chi connectivity index (χ4n) is 2.41. The molecule has 1 fully saturated rings. The summed E-state index contributed by atoms with van der Waals surface area (Å²) in [6, 6.07) is 3.22. The minimum absolute atomic E-state index is 0.291. The predicted molar refractivity (Wildman–Crippen MR) is 68.2 cm³/mol. The quantitative estimate of drug-likeness (QED) is 0.829. The van der Waals surface area contributed by atoms with Crippen LogP contribution < -0.4 is 4.90 Å². The zero-order chi connectivity index (χ0) is 14.0. The van der Waals surface area contributed by atoms with Gasteiger partial charge in [-0.1, -0.05) is 0 Å². The Labute approximate surface area is 111 Å². The highest BCUT2D eigenvalue weighted by Gasteiger charge is 2.45. The lowest BCUT2D eigenvalue weighted by atomic mass is 9.99. The molecule has 0 aromatic carbocycles. The van der Waals surface area contributed by atoms with Gasteiger partial charge in [0.1, 0.15) is 16.9 Å². The van der Waals surface area contributed by atoms with Gasteiger partial charge >= 0.3 is 11.9 Å². The Balaban J connectivity index is 2.47. The van der Waals surface area contributed by atoms with Gasteiger partial charge in [0, 0.05) is 12.7 Å². The van der Waals surface area contributed by atoms with E-state index >= 15 is 0 Å². The highest BCUT2D eigenvalue weighted by Crippen LogP contribution is 2.34. The maximum Gasteiger partial charge on any atom is 0.341 e. The van der Waals surface area contributed by atoms with E-state index in [-0.39, 0.29) is 0 Å². The molecule has 102 valence electrons. The van der Waals surface area contributed by atoms with Crippen LogP contribution in [0.3, 0.4) is 0 Å². The van der Waals surface area contributed by atoms with Crippen molar-refractivity contribution in [2.24, 2.45) is 0 Å². The van der Waals surface area contributed by atoms with Gasteiger partial charge in [-0.25, -0.2) is 14.6 Å². The van der Waals surface area contributed by atoms with Crippen molar-refractivity contribution in [3.8, 4) is 0 Å². The van der Waals surface area contributed by atoms with Gasteiger partial charge in [0.2, 0.25) is 0 Å². The van der Waals surface area contributed by atoms with E-state index in [0.29, 0.717) is 24.3 Å². The number of carbonyl (C=O) groups is 2. The van der Waals surface area contributed by atoms with E-state index in [0.717, 1.165) is 6.42 Å². The number of aromatic nitrogens is 1. The topological polar surface area (TPSA) is 79.7 Å². The number of pyridine rings is 1. The summed E-state index contributed by atoms with van der Waals surface area (Å²) in [7, 11) is 1.29. The van der Waals surface area contributed by atoms with Crippen LogP contribution in [0.5, 0.6) is 0 Å². The van der Waals surface area contributed by atoms with Crippen molar-refractivity contribution < 1.29 is 19.4 Å². The summed E-state index contributed by atoms with van der Waals surface area (Å²) in [6.45, 7) is 2.21. The van der Waals surface area contributed by atoms with Gasteiger partial charge < -0.3 is 14.7 Å². The standard InChI is InChI=1S/C13H16N2O4/c1-13(12(17)18)6-4-8-15(13)10-9(11(16)19-2)5-3-7-14-10/h3,5,7H,4,6,8H2,1-2H3,(H,17,18). The molecular weight excluding hydrogens is 248 g/mol. The number of hydrogen-bond donors (Lipinski definition) is 1. The van der Waals surface area contributed by atoms with Crippen LogP contribution in [-0.2, 0) is 9.53 Å². The van der Waals surface area contributed by atoms with Gasteiger partial charge in [0.25, 0.3) is 0 Å². The normalized spacial score (nSPS) is 22.3. The molecule has 2 heterocycles. The van der Waals surface area contributed by atoms with Crippen molar-refractivity contribution in [1.82, 2.24) is 4.98 Å². The third kappa shape index (κ3) is 2.14. The molecule has 1 aliphatic heterocycles. The van der Waals surface area contributed by atoms with E-state index in [1.54, 1.807) is 30.2 Å². The van der Waals surface area contributed by atoms with Crippen molar-refractivity contribution >= 4 is 17.8 Å². The molecule has 1 saturated heterocycles. The number of methoxy groups -OCH3 is 1. The van der Waals surface area contributed by atoms with Gasteiger partial charge in [-0.3, -0.25) is 0 Å². The number of carboxylic acids is 1. The van der Waals surface area contributed by atoms with Gasteiger partial charge in [-0.05, 0) is 31.9 Å². The Morgan fingerprint density at radius 3 is 2.89 bits per heavy atom. The minimum atomic E-state index is -1.03. The molecule has 1 atom stereocenters. The lowest BCUT2D eigenvalue weighted by Gasteiger charge is -2.32. The molecule has 1 aromatic heterocycles. The molecule has 6 heteroatoms. The number of carbonyl (C=O) groups excluding carboxylic acids is 1. The number of rotatable bonds is 3. The molecule has 6 nitrogen and oxygen atoms in total. The summed E-state index contributed by atoms with van der Waals surface area (Å²) in [6.07, 6.45) is 2.82. The van der Waals surface area contributed by atoms with Gasteiger partial charge in [0.15, 0.2) is 0 Å². The lowest BCUT2D eigenvalue weighted by Crippen LogP contribution is -2.49. The summed E-state index contributed by atoms with van der Waals surface area (Å²) in [5.41, 5.74) is -0.740. The van der Waals surface area contributed by atoms with Crippen molar-refractivity contribution in [3.63, 3.8) is 0 Å². The summed E-state index contributed by atoms with van der Waals surface area (Å²) in [5, 5.41) is 9.41. The zero-order valence-electron chi connectivity index (χ0n) is 10.9. The van der Waals surface area contributed by atoms with Crippen LogP contribution in [0.25, 0.3) is 0 Å². The number of nitrogens with zero attached hydrogens (tertiary/aromatic N) is 2. The van der Waals surface area contributed by atoms with E-state index in [9.17, 15) is 14.7 Å². The molecule has 1 N–H and O–H groups in total. The fourth-order valence-corrected chi connectivity index (χ4v) is 2.41. The molecule has 2 rings (SSSR count). The van der Waals surface area contributed by atoms with Crippen molar-refractivity contribution in [2.45, 2.75) is 25.3 Å². The van der Waals surface area contributed by atoms with Crippen LogP contribution >= 0.6 is 0 Å². The minimum Gasteiger partial charge on any atom is -0.480 e. The van der Waals surface area contributed by atoms with Crippen molar-refractivity contribution in [1.29, 1.82) is 0 Å². The van der Waals surface area contributed by atoms with Crippen molar-refractivity contribution in [3.05, 3.63) is 23.9 Å². The van der Waals surface area contributed by atoms with Crippen LogP contribution in [0, 0.1) is 0 Å². The van der Waals surface area contributed by atoms with Gasteiger partial charge in [-0.15, -0.1) is 0 Å². The molecule has 1 aromatic rings. The molecular formula is C13H16N2O4. The van der Waals surface area contributed by atoms with E-state index < -0.39 is 17.5 Å². The monoisotopic (exact) mass is 264 g/mol. The maximum atomic E-state index is 11.7. The molecule has 0 aliphatic carbocycles. The molecule has 0 bridgehead atoms. The Kier molecular flexibility index (Phi) is 3.42. The third-order valence-corrected chi connectivity index (χ3v) is 3.55. The fraction of sp³-hybridized carbons (Fsp3) is 0.462. The summed E-state index contributed by atoms with van der Waals surface area (Å²) < 4.78 is 4.71. The van der Waals surface area contributed by atoms with Gasteiger partial charge in [-0.2, -0.15) is 0 Å². The van der Waals surface area contributed by atoms with E-state index in [1.165, 1.54) is 7.11 Å². The van der Waals surface area contributed by atoms with E-state index in [1.807, 2.05) is 0 Å². The van der Waals surface area contributed by atoms with Crippen molar-refractivity contribution in [2.75, 3.05) is 18.6 Å². The van der Waals surface area contributed by atoms with Gasteiger partial charge in [0.05, 0.1) is 7.11 Å². The average molecular weight is 264 g/mol.